The van der Waals surface area contributed by atoms with Crippen LogP contribution >= 0.6 is 12.2 Å². The second-order valence-electron chi connectivity index (χ2n) is 3.46. The van der Waals surface area contributed by atoms with E-state index in [1.807, 2.05) is 24.3 Å². The largest absolute Gasteiger partial charge is 0.388 e. The molecule has 0 atom stereocenters. The summed E-state index contributed by atoms with van der Waals surface area (Å²) in [5.41, 5.74) is 2.18. The van der Waals surface area contributed by atoms with E-state index in [1.165, 1.54) is 5.56 Å². The summed E-state index contributed by atoms with van der Waals surface area (Å²) in [7, 11) is 0. The lowest BCUT2D eigenvalue weighted by molar-refractivity contribution is 0.269. The van der Waals surface area contributed by atoms with Gasteiger partial charge < -0.3 is 5.11 Å². The molecule has 0 amide bonds. The zero-order valence-electron chi connectivity index (χ0n) is 8.97. The van der Waals surface area contributed by atoms with Crippen LogP contribution in [-0.2, 0) is 13.0 Å². The normalized spacial score (nSPS) is 10.6. The zero-order valence-corrected chi connectivity index (χ0v) is 9.79. The van der Waals surface area contributed by atoms with Gasteiger partial charge in [-0.25, -0.2) is 0 Å². The Morgan fingerprint density at radius 2 is 2.06 bits per heavy atom. The van der Waals surface area contributed by atoms with Gasteiger partial charge >= 0.3 is 0 Å². The summed E-state index contributed by atoms with van der Waals surface area (Å²) in [5, 5.41) is 15.8. The standard InChI is InChI=1S/C11H13N3OS/c1-2-8-3-5-9(6-4-8)14-10(7-15)12-13-11(14)16/h3-6,15H,2,7H2,1H3,(H,13,16). The van der Waals surface area contributed by atoms with E-state index in [9.17, 15) is 0 Å². The fourth-order valence-corrected chi connectivity index (χ4v) is 1.84. The lowest BCUT2D eigenvalue weighted by Gasteiger charge is -2.05. The second-order valence-corrected chi connectivity index (χ2v) is 3.85. The molecule has 0 bridgehead atoms. The van der Waals surface area contributed by atoms with E-state index in [4.69, 9.17) is 17.3 Å². The molecule has 0 unspecified atom stereocenters. The van der Waals surface area contributed by atoms with Crippen LogP contribution in [0.5, 0.6) is 0 Å². The van der Waals surface area contributed by atoms with E-state index in [-0.39, 0.29) is 6.61 Å². The number of aryl methyl sites for hydroxylation is 1. The van der Waals surface area contributed by atoms with Crippen LogP contribution in [-0.4, -0.2) is 19.9 Å². The summed E-state index contributed by atoms with van der Waals surface area (Å²) in [6.45, 7) is 1.97. The first-order valence-electron chi connectivity index (χ1n) is 5.12. The van der Waals surface area contributed by atoms with Crippen molar-refractivity contribution in [2.24, 2.45) is 0 Å². The highest BCUT2D eigenvalue weighted by atomic mass is 32.1. The molecule has 0 saturated carbocycles. The molecule has 4 nitrogen and oxygen atoms in total. The van der Waals surface area contributed by atoms with E-state index >= 15 is 0 Å². The first-order valence-corrected chi connectivity index (χ1v) is 5.53. The van der Waals surface area contributed by atoms with Crippen LogP contribution in [0.3, 0.4) is 0 Å². The number of aromatic nitrogens is 3. The van der Waals surface area contributed by atoms with Crippen LogP contribution in [0.1, 0.15) is 18.3 Å². The monoisotopic (exact) mass is 235 g/mol. The zero-order chi connectivity index (χ0) is 11.5. The van der Waals surface area contributed by atoms with Crippen LogP contribution in [0.4, 0.5) is 0 Å². The molecule has 84 valence electrons. The lowest BCUT2D eigenvalue weighted by atomic mass is 10.1. The quantitative estimate of drug-likeness (QED) is 0.800. The number of hydrogen-bond donors (Lipinski definition) is 2. The van der Waals surface area contributed by atoms with Crippen molar-refractivity contribution in [1.82, 2.24) is 14.8 Å². The maximum atomic E-state index is 9.14. The maximum absolute atomic E-state index is 9.14. The second kappa shape index (κ2) is 4.59. The Hall–Kier alpha value is -1.46. The molecule has 1 heterocycles. The van der Waals surface area contributed by atoms with Gasteiger partial charge in [-0.3, -0.25) is 9.67 Å². The van der Waals surface area contributed by atoms with E-state index in [1.54, 1.807) is 4.57 Å². The molecule has 0 aliphatic carbocycles. The fourth-order valence-electron chi connectivity index (χ4n) is 1.58. The number of nitrogens with one attached hydrogen (secondary N) is 1. The van der Waals surface area contributed by atoms with E-state index in [0.29, 0.717) is 10.6 Å². The van der Waals surface area contributed by atoms with Crippen molar-refractivity contribution < 1.29 is 5.11 Å². The minimum absolute atomic E-state index is 0.136. The van der Waals surface area contributed by atoms with Crippen molar-refractivity contribution >= 4 is 12.2 Å². The Kier molecular flexibility index (Phi) is 3.17. The average molecular weight is 235 g/mol. The van der Waals surface area contributed by atoms with Crippen molar-refractivity contribution in [1.29, 1.82) is 0 Å². The van der Waals surface area contributed by atoms with Gasteiger partial charge in [-0.05, 0) is 36.3 Å². The molecule has 0 saturated heterocycles. The van der Waals surface area contributed by atoms with Crippen LogP contribution in [0.15, 0.2) is 24.3 Å². The average Bonchev–Trinajstić information content (AvgIpc) is 2.70. The number of rotatable bonds is 3. The van der Waals surface area contributed by atoms with Crippen molar-refractivity contribution in [2.45, 2.75) is 20.0 Å². The van der Waals surface area contributed by atoms with Gasteiger partial charge in [-0.1, -0.05) is 19.1 Å². The molecule has 2 N–H and O–H groups in total. The number of aliphatic hydroxyl groups excluding tert-OH is 1. The van der Waals surface area contributed by atoms with Crippen molar-refractivity contribution in [3.8, 4) is 5.69 Å². The van der Waals surface area contributed by atoms with Gasteiger partial charge in [0.25, 0.3) is 0 Å². The van der Waals surface area contributed by atoms with Crippen LogP contribution in [0, 0.1) is 4.77 Å². The molecule has 2 aromatic rings. The van der Waals surface area contributed by atoms with Crippen molar-refractivity contribution in [2.75, 3.05) is 0 Å². The van der Waals surface area contributed by atoms with Crippen LogP contribution < -0.4 is 0 Å². The van der Waals surface area contributed by atoms with Gasteiger partial charge in [0.05, 0.1) is 0 Å². The number of H-pyrrole nitrogens is 1. The van der Waals surface area contributed by atoms with Crippen LogP contribution in [0.2, 0.25) is 0 Å². The highest BCUT2D eigenvalue weighted by Gasteiger charge is 2.06. The van der Waals surface area contributed by atoms with Gasteiger partial charge in [0, 0.05) is 5.69 Å². The van der Waals surface area contributed by atoms with Crippen molar-refractivity contribution in [3.05, 3.63) is 40.4 Å². The van der Waals surface area contributed by atoms with Gasteiger partial charge in [0.2, 0.25) is 0 Å². The molecule has 0 fully saturated rings. The van der Waals surface area contributed by atoms with E-state index < -0.39 is 0 Å². The number of hydrogen-bond acceptors (Lipinski definition) is 3. The summed E-state index contributed by atoms with van der Waals surface area (Å²) in [4.78, 5) is 0. The van der Waals surface area contributed by atoms with Gasteiger partial charge in [0.15, 0.2) is 10.6 Å². The third-order valence-electron chi connectivity index (χ3n) is 2.49. The molecule has 2 rings (SSSR count). The molecule has 16 heavy (non-hydrogen) atoms. The SMILES string of the molecule is CCc1ccc(-n2c(CO)n[nH]c2=S)cc1. The Morgan fingerprint density at radius 1 is 1.38 bits per heavy atom. The van der Waals surface area contributed by atoms with Gasteiger partial charge in [-0.2, -0.15) is 5.10 Å². The molecule has 1 aromatic heterocycles. The summed E-state index contributed by atoms with van der Waals surface area (Å²) in [5.74, 6) is 0.522. The number of aliphatic hydroxyl groups is 1. The molecule has 0 aliphatic rings. The third-order valence-corrected chi connectivity index (χ3v) is 2.76. The summed E-state index contributed by atoms with van der Waals surface area (Å²) in [6.07, 6.45) is 1.00. The Morgan fingerprint density at radius 3 is 2.62 bits per heavy atom. The van der Waals surface area contributed by atoms with E-state index in [0.717, 1.165) is 12.1 Å². The molecule has 0 radical (unpaired) electrons. The van der Waals surface area contributed by atoms with Gasteiger partial charge in [-0.15, -0.1) is 0 Å². The maximum Gasteiger partial charge on any atom is 0.199 e. The summed E-state index contributed by atoms with van der Waals surface area (Å²) >= 11 is 5.12. The predicted octanol–water partition coefficient (Wildman–Crippen LogP) is 1.98. The lowest BCUT2D eigenvalue weighted by Crippen LogP contribution is -2.01. The number of benzene rings is 1. The van der Waals surface area contributed by atoms with Crippen molar-refractivity contribution in [3.63, 3.8) is 0 Å². The number of nitrogens with zero attached hydrogens (tertiary/aromatic N) is 2. The smallest absolute Gasteiger partial charge is 0.199 e. The first-order chi connectivity index (χ1) is 7.76. The Labute approximate surface area is 98.6 Å². The molecule has 0 aliphatic heterocycles. The topological polar surface area (TPSA) is 53.8 Å². The highest BCUT2D eigenvalue weighted by molar-refractivity contribution is 7.71. The summed E-state index contributed by atoms with van der Waals surface area (Å²) in [6, 6.07) is 8.04. The molecular formula is C11H13N3OS. The first kappa shape index (κ1) is 11.0. The Balaban J connectivity index is 2.49. The summed E-state index contributed by atoms with van der Waals surface area (Å²) < 4.78 is 2.22. The molecule has 0 spiro atoms. The fraction of sp³-hybridized carbons (Fsp3) is 0.273. The minimum atomic E-state index is -0.136. The molecule has 5 heteroatoms. The third kappa shape index (κ3) is 1.91. The highest BCUT2D eigenvalue weighted by Crippen LogP contribution is 2.12. The number of aromatic amines is 1. The minimum Gasteiger partial charge on any atom is -0.388 e. The van der Waals surface area contributed by atoms with Crippen LogP contribution in [0.25, 0.3) is 5.69 Å². The predicted molar refractivity (Wildman–Crippen MR) is 64.0 cm³/mol. The Bertz CT molecular complexity index is 527. The van der Waals surface area contributed by atoms with Gasteiger partial charge in [0.1, 0.15) is 6.61 Å². The molecule has 1 aromatic carbocycles. The molecular weight excluding hydrogens is 222 g/mol. The van der Waals surface area contributed by atoms with E-state index in [2.05, 4.69) is 17.1 Å².